The second-order valence-electron chi connectivity index (χ2n) is 8.83. The van der Waals surface area contributed by atoms with Gasteiger partial charge in [0.15, 0.2) is 0 Å². The maximum Gasteiger partial charge on any atom is 0.338 e. The Bertz CT molecular complexity index is 1240. The monoisotopic (exact) mass is 500 g/mol. The van der Waals surface area contributed by atoms with E-state index in [4.69, 9.17) is 32.8 Å². The maximum atomic E-state index is 14.1. The van der Waals surface area contributed by atoms with Crippen molar-refractivity contribution in [1.29, 1.82) is 0 Å². The quantitative estimate of drug-likeness (QED) is 0.384. The Kier molecular flexibility index (Phi) is 6.36. The van der Waals surface area contributed by atoms with Gasteiger partial charge >= 0.3 is 5.97 Å². The van der Waals surface area contributed by atoms with Crippen molar-refractivity contribution in [3.05, 3.63) is 75.2 Å². The number of carboxylic acids is 1. The molecule has 0 bridgehead atoms. The van der Waals surface area contributed by atoms with Crippen LogP contribution in [-0.4, -0.2) is 29.3 Å². The minimum Gasteiger partial charge on any atom is -0.478 e. The first-order valence-electron chi connectivity index (χ1n) is 11.3. The van der Waals surface area contributed by atoms with Crippen molar-refractivity contribution in [2.75, 3.05) is 18.0 Å². The van der Waals surface area contributed by atoms with Crippen molar-refractivity contribution in [3.63, 3.8) is 0 Å². The molecule has 2 fully saturated rings. The third-order valence-electron chi connectivity index (χ3n) is 6.53. The number of anilines is 1. The van der Waals surface area contributed by atoms with Gasteiger partial charge in [-0.25, -0.2) is 9.18 Å². The first kappa shape index (κ1) is 22.9. The highest BCUT2D eigenvalue weighted by Gasteiger charge is 2.32. The first-order chi connectivity index (χ1) is 16.4. The minimum absolute atomic E-state index is 0.309. The van der Waals surface area contributed by atoms with Gasteiger partial charge in [-0.1, -0.05) is 46.6 Å². The lowest BCUT2D eigenvalue weighted by Gasteiger charge is -2.32. The van der Waals surface area contributed by atoms with Gasteiger partial charge in [0.25, 0.3) is 0 Å². The molecule has 0 spiro atoms. The molecule has 1 saturated heterocycles. The van der Waals surface area contributed by atoms with Crippen LogP contribution in [0.2, 0.25) is 10.0 Å². The highest BCUT2D eigenvalue weighted by molar-refractivity contribution is 6.39. The summed E-state index contributed by atoms with van der Waals surface area (Å²) in [5.41, 5.74) is 2.68. The van der Waals surface area contributed by atoms with Crippen LogP contribution in [0, 0.1) is 11.7 Å². The number of aromatic nitrogens is 1. The number of aromatic carboxylic acids is 1. The van der Waals surface area contributed by atoms with Crippen molar-refractivity contribution >= 4 is 40.9 Å². The molecule has 2 heterocycles. The van der Waals surface area contributed by atoms with Crippen molar-refractivity contribution in [3.8, 4) is 11.3 Å². The van der Waals surface area contributed by atoms with Crippen LogP contribution in [0.5, 0.6) is 0 Å². The zero-order valence-electron chi connectivity index (χ0n) is 18.3. The van der Waals surface area contributed by atoms with Crippen molar-refractivity contribution < 1.29 is 18.8 Å². The number of piperidine rings is 1. The van der Waals surface area contributed by atoms with E-state index in [1.54, 1.807) is 24.3 Å². The van der Waals surface area contributed by atoms with Crippen LogP contribution in [0.15, 0.2) is 47.0 Å². The zero-order valence-corrected chi connectivity index (χ0v) is 19.8. The molecule has 0 amide bonds. The van der Waals surface area contributed by atoms with Crippen LogP contribution in [0.3, 0.4) is 0 Å². The normalized spacial score (nSPS) is 17.0. The molecule has 1 aromatic heterocycles. The molecule has 34 heavy (non-hydrogen) atoms. The summed E-state index contributed by atoms with van der Waals surface area (Å²) in [6.07, 6.45) is 8.23. The Balaban J connectivity index is 1.33. The van der Waals surface area contributed by atoms with Gasteiger partial charge in [-0.05, 0) is 61.9 Å². The number of nitrogens with zero attached hydrogens (tertiary/aromatic N) is 2. The lowest BCUT2D eigenvalue weighted by atomic mass is 9.94. The van der Waals surface area contributed by atoms with E-state index in [0.29, 0.717) is 38.8 Å². The predicted molar refractivity (Wildman–Crippen MR) is 131 cm³/mol. The highest BCUT2D eigenvalue weighted by Crippen LogP contribution is 2.46. The fraction of sp³-hybridized carbons (Fsp3) is 0.308. The smallest absolute Gasteiger partial charge is 0.338 e. The fourth-order valence-electron chi connectivity index (χ4n) is 4.47. The lowest BCUT2D eigenvalue weighted by Crippen LogP contribution is -2.33. The Morgan fingerprint density at radius 3 is 2.44 bits per heavy atom. The van der Waals surface area contributed by atoms with E-state index in [2.05, 4.69) is 22.2 Å². The minimum atomic E-state index is -1.26. The summed E-state index contributed by atoms with van der Waals surface area (Å²) in [5, 5.41) is 14.4. The summed E-state index contributed by atoms with van der Waals surface area (Å²) < 4.78 is 19.8. The second kappa shape index (κ2) is 9.43. The van der Waals surface area contributed by atoms with Gasteiger partial charge in [-0.3, -0.25) is 0 Å². The summed E-state index contributed by atoms with van der Waals surface area (Å²) >= 11 is 12.9. The number of rotatable bonds is 6. The molecule has 3 aromatic rings. The molecule has 0 unspecified atom stereocenters. The summed E-state index contributed by atoms with van der Waals surface area (Å²) in [5.74, 6) is -0.361. The molecule has 176 valence electrons. The van der Waals surface area contributed by atoms with Gasteiger partial charge in [0.2, 0.25) is 0 Å². The molecule has 1 aliphatic carbocycles. The standard InChI is InChI=1S/C26H23Cl2FN2O3/c27-20-2-1-3-21(28)23(20)24-19(25(34-30-24)16-5-6-16)8-4-15-10-12-31(13-11-15)17-7-9-18(26(32)33)22(29)14-17/h1-4,7-9,14-16H,5-6,10-13H2,(H,32,33). The largest absolute Gasteiger partial charge is 0.478 e. The first-order valence-corrected chi connectivity index (χ1v) is 12.1. The summed E-state index contributed by atoms with van der Waals surface area (Å²) in [7, 11) is 0. The molecule has 2 aromatic carbocycles. The van der Waals surface area contributed by atoms with Crippen LogP contribution in [0.4, 0.5) is 10.1 Å². The number of halogens is 3. The van der Waals surface area contributed by atoms with E-state index in [-0.39, 0.29) is 5.56 Å². The Labute approximate surface area is 206 Å². The molecule has 5 rings (SSSR count). The van der Waals surface area contributed by atoms with Gasteiger partial charge in [0.05, 0.1) is 15.6 Å². The van der Waals surface area contributed by atoms with E-state index in [0.717, 1.165) is 50.1 Å². The summed E-state index contributed by atoms with van der Waals surface area (Å²) in [6, 6.07) is 9.69. The number of carbonyl (C=O) groups is 1. The molecule has 8 heteroatoms. The summed E-state index contributed by atoms with van der Waals surface area (Å²) in [4.78, 5) is 13.1. The number of benzene rings is 2. The molecular formula is C26H23Cl2FN2O3. The highest BCUT2D eigenvalue weighted by atomic mass is 35.5. The third-order valence-corrected chi connectivity index (χ3v) is 7.16. The van der Waals surface area contributed by atoms with Gasteiger partial charge in [0.1, 0.15) is 17.3 Å². The Morgan fingerprint density at radius 1 is 1.12 bits per heavy atom. The second-order valence-corrected chi connectivity index (χ2v) is 9.65. The average molecular weight is 501 g/mol. The van der Waals surface area contributed by atoms with Crippen molar-refractivity contribution in [2.24, 2.45) is 5.92 Å². The van der Waals surface area contributed by atoms with E-state index < -0.39 is 11.8 Å². The van der Waals surface area contributed by atoms with Gasteiger partial charge in [-0.2, -0.15) is 0 Å². The van der Waals surface area contributed by atoms with Crippen molar-refractivity contribution in [2.45, 2.75) is 31.6 Å². The number of allylic oxidation sites excluding steroid dienone is 1. The fourth-order valence-corrected chi connectivity index (χ4v) is 5.05. The molecule has 1 saturated carbocycles. The molecule has 1 N–H and O–H groups in total. The van der Waals surface area contributed by atoms with Gasteiger partial charge in [0, 0.05) is 35.8 Å². The maximum absolute atomic E-state index is 14.1. The molecule has 1 aliphatic heterocycles. The van der Waals surface area contributed by atoms with E-state index in [9.17, 15) is 9.18 Å². The topological polar surface area (TPSA) is 66.6 Å². The molecule has 0 atom stereocenters. The van der Waals surface area contributed by atoms with Crippen LogP contribution < -0.4 is 4.90 Å². The van der Waals surface area contributed by atoms with Crippen LogP contribution >= 0.6 is 23.2 Å². The molecular weight excluding hydrogens is 478 g/mol. The predicted octanol–water partition coefficient (Wildman–Crippen LogP) is 7.29. The van der Waals surface area contributed by atoms with Crippen LogP contribution in [-0.2, 0) is 0 Å². The van der Waals surface area contributed by atoms with Crippen LogP contribution in [0.25, 0.3) is 17.3 Å². The Morgan fingerprint density at radius 2 is 1.82 bits per heavy atom. The number of carboxylic acid groups (broad SMARTS) is 1. The van der Waals surface area contributed by atoms with E-state index in [1.165, 1.54) is 12.1 Å². The number of hydrogen-bond acceptors (Lipinski definition) is 4. The number of hydrogen-bond donors (Lipinski definition) is 1. The van der Waals surface area contributed by atoms with E-state index in [1.807, 2.05) is 0 Å². The summed E-state index contributed by atoms with van der Waals surface area (Å²) in [6.45, 7) is 1.51. The van der Waals surface area contributed by atoms with Gasteiger partial charge in [-0.15, -0.1) is 0 Å². The molecule has 0 radical (unpaired) electrons. The third kappa shape index (κ3) is 4.57. The zero-order chi connectivity index (χ0) is 23.8. The SMILES string of the molecule is O=C(O)c1ccc(N2CCC(C=Cc3c(-c4c(Cl)cccc4Cl)noc3C3CC3)CC2)cc1F. The van der Waals surface area contributed by atoms with Gasteiger partial charge < -0.3 is 14.5 Å². The van der Waals surface area contributed by atoms with E-state index >= 15 is 0 Å². The average Bonchev–Trinajstić information content (AvgIpc) is 3.58. The Hall–Kier alpha value is -2.83. The lowest BCUT2D eigenvalue weighted by molar-refractivity contribution is 0.0692. The van der Waals surface area contributed by atoms with Crippen LogP contribution in [0.1, 0.15) is 53.3 Å². The molecule has 2 aliphatic rings. The van der Waals surface area contributed by atoms with Crippen molar-refractivity contribution in [1.82, 2.24) is 5.16 Å². The molecule has 5 nitrogen and oxygen atoms in total.